The molecule has 0 unspecified atom stereocenters. The lowest BCUT2D eigenvalue weighted by Gasteiger charge is -2.27. The van der Waals surface area contributed by atoms with Crippen molar-refractivity contribution in [1.29, 1.82) is 0 Å². The van der Waals surface area contributed by atoms with Gasteiger partial charge in [-0.25, -0.2) is 0 Å². The van der Waals surface area contributed by atoms with Crippen LogP contribution in [0.1, 0.15) is 48.6 Å². The zero-order valence-corrected chi connectivity index (χ0v) is 14.0. The summed E-state index contributed by atoms with van der Waals surface area (Å²) in [6, 6.07) is 12.1. The van der Waals surface area contributed by atoms with E-state index >= 15 is 0 Å². The Bertz CT molecular complexity index is 712. The lowest BCUT2D eigenvalue weighted by Crippen LogP contribution is -2.19. The van der Waals surface area contributed by atoms with E-state index in [-0.39, 0.29) is 11.2 Å². The summed E-state index contributed by atoms with van der Waals surface area (Å²) in [5.74, 6) is 0.511. The molecule has 2 aromatic rings. The molecular weight excluding hydrogens is 272 g/mol. The van der Waals surface area contributed by atoms with Gasteiger partial charge in [0.25, 0.3) is 0 Å². The Balaban J connectivity index is 2.42. The van der Waals surface area contributed by atoms with Gasteiger partial charge in [0.1, 0.15) is 11.5 Å². The summed E-state index contributed by atoms with van der Waals surface area (Å²) >= 11 is 0. The Hall–Kier alpha value is -2.09. The van der Waals surface area contributed by atoms with Gasteiger partial charge in [0, 0.05) is 11.8 Å². The van der Waals surface area contributed by atoms with E-state index in [1.165, 1.54) is 11.1 Å². The maximum atomic E-state index is 11.3. The molecule has 2 aromatic carbocycles. The number of aryl methyl sites for hydroxylation is 2. The topological polar surface area (TPSA) is 37.3 Å². The molecule has 0 bridgehead atoms. The molecule has 2 nitrogen and oxygen atoms in total. The summed E-state index contributed by atoms with van der Waals surface area (Å²) in [5, 5.41) is 9.71. The van der Waals surface area contributed by atoms with Gasteiger partial charge in [-0.2, -0.15) is 0 Å². The fraction of sp³-hybridized carbons (Fsp3) is 0.350. The minimum absolute atomic E-state index is 0.155. The number of phenols is 1. The van der Waals surface area contributed by atoms with Crippen LogP contribution < -0.4 is 0 Å². The number of carbonyl (C=O) groups is 1. The smallest absolute Gasteiger partial charge is 0.134 e. The third kappa shape index (κ3) is 3.22. The Morgan fingerprint density at radius 3 is 2.05 bits per heavy atom. The van der Waals surface area contributed by atoms with Gasteiger partial charge in [-0.3, -0.25) is 4.79 Å². The first-order chi connectivity index (χ1) is 10.2. The van der Waals surface area contributed by atoms with Crippen LogP contribution in [0.25, 0.3) is 0 Å². The van der Waals surface area contributed by atoms with Crippen LogP contribution in [0.2, 0.25) is 0 Å². The summed E-state index contributed by atoms with van der Waals surface area (Å²) in [6.45, 7) is 9.95. The molecular formula is C20H24O2. The molecule has 0 aliphatic heterocycles. The maximum Gasteiger partial charge on any atom is 0.134 e. The first kappa shape index (κ1) is 16.3. The van der Waals surface area contributed by atoms with E-state index in [1.54, 1.807) is 13.0 Å². The van der Waals surface area contributed by atoms with Gasteiger partial charge in [0.05, 0.1) is 0 Å². The van der Waals surface area contributed by atoms with Gasteiger partial charge in [0.2, 0.25) is 0 Å². The molecule has 0 spiro atoms. The fourth-order valence-electron chi connectivity index (χ4n) is 2.76. The molecule has 0 fully saturated rings. The van der Waals surface area contributed by atoms with Gasteiger partial charge in [-0.15, -0.1) is 0 Å². The van der Waals surface area contributed by atoms with Crippen molar-refractivity contribution in [2.75, 3.05) is 0 Å². The number of hydrogen-bond acceptors (Lipinski definition) is 2. The minimum atomic E-state index is -0.155. The predicted molar refractivity (Wildman–Crippen MR) is 90.5 cm³/mol. The van der Waals surface area contributed by atoms with E-state index in [2.05, 4.69) is 39.0 Å². The van der Waals surface area contributed by atoms with Crippen molar-refractivity contribution in [3.63, 3.8) is 0 Å². The monoisotopic (exact) mass is 296 g/mol. The van der Waals surface area contributed by atoms with Crippen molar-refractivity contribution in [3.8, 4) is 5.75 Å². The molecule has 22 heavy (non-hydrogen) atoms. The van der Waals surface area contributed by atoms with E-state index in [0.717, 1.165) is 16.7 Å². The van der Waals surface area contributed by atoms with E-state index in [0.29, 0.717) is 12.2 Å². The Morgan fingerprint density at radius 1 is 1.00 bits per heavy atom. The summed E-state index contributed by atoms with van der Waals surface area (Å²) in [5.41, 5.74) is 5.35. The Labute approximate surface area is 132 Å². The first-order valence-corrected chi connectivity index (χ1v) is 7.61. The Kier molecular flexibility index (Phi) is 4.41. The zero-order chi connectivity index (χ0) is 16.5. The van der Waals surface area contributed by atoms with Crippen LogP contribution in [0.15, 0.2) is 36.4 Å². The second-order valence-electron chi connectivity index (χ2n) is 6.65. The molecule has 2 heteroatoms. The average molecular weight is 296 g/mol. The Morgan fingerprint density at radius 2 is 1.55 bits per heavy atom. The van der Waals surface area contributed by atoms with Crippen LogP contribution in [0.5, 0.6) is 5.75 Å². The molecule has 0 amide bonds. The van der Waals surface area contributed by atoms with Crippen LogP contribution in [-0.4, -0.2) is 10.9 Å². The largest absolute Gasteiger partial charge is 0.508 e. The maximum absolute atomic E-state index is 11.3. The van der Waals surface area contributed by atoms with Crippen molar-refractivity contribution in [1.82, 2.24) is 0 Å². The first-order valence-electron chi connectivity index (χ1n) is 7.61. The van der Waals surface area contributed by atoms with Crippen LogP contribution in [0.3, 0.4) is 0 Å². The highest BCUT2D eigenvalue weighted by molar-refractivity contribution is 5.78. The summed E-state index contributed by atoms with van der Waals surface area (Å²) in [6.07, 6.45) is 0.491. The highest BCUT2D eigenvalue weighted by Crippen LogP contribution is 2.34. The standard InChI is InChI=1S/C20H24O2/c1-13-10-17(7-6-16(13)12-15(3)21)20(4,5)18-8-9-19(22)14(2)11-18/h6-11,22H,12H2,1-5H3. The highest BCUT2D eigenvalue weighted by atomic mass is 16.3. The number of carbonyl (C=O) groups excluding carboxylic acids is 1. The van der Waals surface area contributed by atoms with Gasteiger partial charge in [-0.05, 0) is 54.7 Å². The number of aromatic hydroxyl groups is 1. The van der Waals surface area contributed by atoms with E-state index < -0.39 is 0 Å². The number of benzene rings is 2. The van der Waals surface area contributed by atoms with Crippen LogP contribution in [-0.2, 0) is 16.6 Å². The minimum Gasteiger partial charge on any atom is -0.508 e. The lowest BCUT2D eigenvalue weighted by atomic mass is 9.76. The number of phenolic OH excluding ortho intramolecular Hbond substituents is 1. The molecule has 0 atom stereocenters. The number of hydrogen-bond donors (Lipinski definition) is 1. The molecule has 0 aliphatic carbocycles. The predicted octanol–water partition coefficient (Wildman–Crippen LogP) is 4.47. The summed E-state index contributed by atoms with van der Waals surface area (Å²) in [7, 11) is 0. The zero-order valence-electron chi connectivity index (χ0n) is 14.0. The number of ketones is 1. The van der Waals surface area contributed by atoms with Crippen molar-refractivity contribution in [3.05, 3.63) is 64.2 Å². The molecule has 0 heterocycles. The van der Waals surface area contributed by atoms with E-state index in [9.17, 15) is 9.90 Å². The highest BCUT2D eigenvalue weighted by Gasteiger charge is 2.24. The quantitative estimate of drug-likeness (QED) is 0.904. The molecule has 0 aromatic heterocycles. The van der Waals surface area contributed by atoms with Crippen molar-refractivity contribution >= 4 is 5.78 Å². The second-order valence-corrected chi connectivity index (χ2v) is 6.65. The third-order valence-corrected chi connectivity index (χ3v) is 4.42. The van der Waals surface area contributed by atoms with Gasteiger partial charge >= 0.3 is 0 Å². The van der Waals surface area contributed by atoms with Crippen LogP contribution in [0, 0.1) is 13.8 Å². The molecule has 0 aliphatic rings. The normalized spacial score (nSPS) is 11.5. The summed E-state index contributed by atoms with van der Waals surface area (Å²) in [4.78, 5) is 11.3. The van der Waals surface area contributed by atoms with Crippen LogP contribution in [0.4, 0.5) is 0 Å². The van der Waals surface area contributed by atoms with Gasteiger partial charge in [-0.1, -0.05) is 44.2 Å². The van der Waals surface area contributed by atoms with E-state index in [4.69, 9.17) is 0 Å². The average Bonchev–Trinajstić information content (AvgIpc) is 2.43. The van der Waals surface area contributed by atoms with Crippen molar-refractivity contribution < 1.29 is 9.90 Å². The van der Waals surface area contributed by atoms with Gasteiger partial charge in [0.15, 0.2) is 0 Å². The lowest BCUT2D eigenvalue weighted by molar-refractivity contribution is -0.116. The number of rotatable bonds is 4. The van der Waals surface area contributed by atoms with Crippen LogP contribution >= 0.6 is 0 Å². The fourth-order valence-corrected chi connectivity index (χ4v) is 2.76. The summed E-state index contributed by atoms with van der Waals surface area (Å²) < 4.78 is 0. The van der Waals surface area contributed by atoms with E-state index in [1.807, 2.05) is 19.1 Å². The molecule has 2 rings (SSSR count). The molecule has 1 N–H and O–H groups in total. The van der Waals surface area contributed by atoms with Crippen molar-refractivity contribution in [2.24, 2.45) is 0 Å². The molecule has 0 saturated heterocycles. The van der Waals surface area contributed by atoms with Gasteiger partial charge < -0.3 is 5.11 Å². The molecule has 116 valence electrons. The SMILES string of the molecule is CC(=O)Cc1ccc(C(C)(C)c2ccc(O)c(C)c2)cc1C. The second kappa shape index (κ2) is 5.96. The molecule has 0 radical (unpaired) electrons. The molecule has 0 saturated carbocycles. The third-order valence-electron chi connectivity index (χ3n) is 4.42. The van der Waals surface area contributed by atoms with Crippen molar-refractivity contribution in [2.45, 2.75) is 46.5 Å². The number of Topliss-reactive ketones (excluding diaryl/α,β-unsaturated/α-hetero) is 1.